The minimum atomic E-state index is -0.388. The van der Waals surface area contributed by atoms with E-state index < -0.39 is 0 Å². The van der Waals surface area contributed by atoms with Crippen molar-refractivity contribution in [3.05, 3.63) is 71.8 Å². The largest absolute Gasteiger partial charge is 0.366 e. The highest BCUT2D eigenvalue weighted by Gasteiger charge is 2.42. The fourth-order valence-corrected chi connectivity index (χ4v) is 3.58. The van der Waals surface area contributed by atoms with Gasteiger partial charge in [-0.3, -0.25) is 4.99 Å². The van der Waals surface area contributed by atoms with Crippen LogP contribution in [0, 0.1) is 0 Å². The summed E-state index contributed by atoms with van der Waals surface area (Å²) in [5.41, 5.74) is 2.00. The van der Waals surface area contributed by atoms with Gasteiger partial charge in [0.15, 0.2) is 0 Å². The Bertz CT molecular complexity index is 744. The van der Waals surface area contributed by atoms with E-state index in [0.717, 1.165) is 5.84 Å². The molecule has 0 unspecified atom stereocenters. The van der Waals surface area contributed by atoms with Gasteiger partial charge in [0.2, 0.25) is 0 Å². The van der Waals surface area contributed by atoms with Crippen LogP contribution in [0.15, 0.2) is 65.7 Å². The zero-order valence-electron chi connectivity index (χ0n) is 14.9. The van der Waals surface area contributed by atoms with Gasteiger partial charge in [0.1, 0.15) is 30.9 Å². The molecule has 2 aliphatic heterocycles. The number of amidine groups is 1. The average Bonchev–Trinajstić information content (AvgIpc) is 3.06. The Hall–Kier alpha value is -2.21. The number of nitrogens with one attached hydrogen (secondary N) is 1. The number of hydrogen-bond donors (Lipinski definition) is 1. The van der Waals surface area contributed by atoms with Crippen LogP contribution in [0.4, 0.5) is 0 Å². The van der Waals surface area contributed by atoms with E-state index in [1.807, 2.05) is 12.1 Å². The number of hydrogen-bond acceptors (Lipinski definition) is 5. The van der Waals surface area contributed by atoms with Gasteiger partial charge in [0, 0.05) is 0 Å². The summed E-state index contributed by atoms with van der Waals surface area (Å²) in [7, 11) is 0. The van der Waals surface area contributed by atoms with Gasteiger partial charge in [-0.15, -0.1) is 0 Å². The van der Waals surface area contributed by atoms with Crippen molar-refractivity contribution < 1.29 is 14.2 Å². The van der Waals surface area contributed by atoms with Crippen molar-refractivity contribution in [2.24, 2.45) is 4.99 Å². The van der Waals surface area contributed by atoms with Crippen LogP contribution in [0.25, 0.3) is 0 Å². The molecule has 2 aliphatic rings. The van der Waals surface area contributed by atoms with Gasteiger partial charge in [-0.2, -0.15) is 0 Å². The number of aliphatic imine (C=N–C) groups is 1. The van der Waals surface area contributed by atoms with Crippen LogP contribution in [0.2, 0.25) is 0 Å². The van der Waals surface area contributed by atoms with Crippen molar-refractivity contribution in [3.63, 3.8) is 0 Å². The highest BCUT2D eigenvalue weighted by atomic mass is 16.7. The molecule has 0 aromatic heterocycles. The Morgan fingerprint density at radius 3 is 2.38 bits per heavy atom. The van der Waals surface area contributed by atoms with Crippen molar-refractivity contribution in [3.8, 4) is 0 Å². The van der Waals surface area contributed by atoms with E-state index in [1.165, 1.54) is 11.1 Å². The van der Waals surface area contributed by atoms with Crippen LogP contribution >= 0.6 is 0 Å². The molecule has 5 heteroatoms. The first-order valence-electron chi connectivity index (χ1n) is 8.98. The zero-order valence-corrected chi connectivity index (χ0v) is 14.9. The van der Waals surface area contributed by atoms with Gasteiger partial charge in [-0.25, -0.2) is 0 Å². The van der Waals surface area contributed by atoms with Gasteiger partial charge in [0.25, 0.3) is 0 Å². The summed E-state index contributed by atoms with van der Waals surface area (Å²) >= 11 is 0. The molecule has 26 heavy (non-hydrogen) atoms. The monoisotopic (exact) mass is 352 g/mol. The van der Waals surface area contributed by atoms with Crippen LogP contribution < -0.4 is 5.32 Å². The molecule has 2 aromatic carbocycles. The van der Waals surface area contributed by atoms with Crippen LogP contribution in [0.1, 0.15) is 24.1 Å². The fourth-order valence-electron chi connectivity index (χ4n) is 3.58. The minimum Gasteiger partial charge on any atom is -0.366 e. The number of nitrogens with zero attached hydrogens (tertiary/aromatic N) is 1. The molecule has 1 fully saturated rings. The fraction of sp³-hybridized carbons (Fsp3) is 0.381. The second-order valence-corrected chi connectivity index (χ2v) is 6.85. The predicted molar refractivity (Wildman–Crippen MR) is 100 cm³/mol. The summed E-state index contributed by atoms with van der Waals surface area (Å²) in [6.45, 7) is 4.06. The molecule has 0 amide bonds. The first kappa shape index (κ1) is 17.2. The van der Waals surface area contributed by atoms with Crippen LogP contribution in [-0.4, -0.2) is 38.6 Å². The van der Waals surface area contributed by atoms with E-state index in [2.05, 4.69) is 60.8 Å². The molecular weight excluding hydrogens is 328 g/mol. The SMILES string of the molecule is C[C@@]1(c2ccccc2)N=C(COC2COCOC2)N[C@@H]1c1ccccc1. The van der Waals surface area contributed by atoms with Crippen molar-refractivity contribution in [2.75, 3.05) is 26.6 Å². The Kier molecular flexibility index (Phi) is 5.02. The lowest BCUT2D eigenvalue weighted by molar-refractivity contribution is -0.163. The summed E-state index contributed by atoms with van der Waals surface area (Å²) in [6, 6.07) is 20.9. The van der Waals surface area contributed by atoms with Crippen molar-refractivity contribution in [1.29, 1.82) is 0 Å². The topological polar surface area (TPSA) is 52.1 Å². The quantitative estimate of drug-likeness (QED) is 0.899. The molecule has 5 nitrogen and oxygen atoms in total. The lowest BCUT2D eigenvalue weighted by Gasteiger charge is -2.30. The standard InChI is InChI=1S/C21H24N2O3/c1-21(17-10-6-3-7-11-17)20(16-8-4-2-5-9-16)22-19(23-21)14-26-18-12-24-15-25-13-18/h2-11,18,20H,12-15H2,1H3,(H,22,23)/t20-,21+/m1/s1. The first-order valence-corrected chi connectivity index (χ1v) is 8.98. The maximum absolute atomic E-state index is 5.94. The molecular formula is C21H24N2O3. The van der Waals surface area contributed by atoms with E-state index in [9.17, 15) is 0 Å². The van der Waals surface area contributed by atoms with Crippen molar-refractivity contribution >= 4 is 5.84 Å². The maximum atomic E-state index is 5.94. The Morgan fingerprint density at radius 1 is 1.04 bits per heavy atom. The van der Waals surface area contributed by atoms with Gasteiger partial charge in [0.05, 0.1) is 19.3 Å². The van der Waals surface area contributed by atoms with E-state index >= 15 is 0 Å². The van der Waals surface area contributed by atoms with E-state index in [-0.39, 0.29) is 17.7 Å². The molecule has 2 atom stereocenters. The highest BCUT2D eigenvalue weighted by molar-refractivity contribution is 5.86. The van der Waals surface area contributed by atoms with Gasteiger partial charge in [-0.1, -0.05) is 60.7 Å². The molecule has 0 aliphatic carbocycles. The van der Waals surface area contributed by atoms with Crippen molar-refractivity contribution in [2.45, 2.75) is 24.6 Å². The molecule has 0 spiro atoms. The smallest absolute Gasteiger partial charge is 0.146 e. The predicted octanol–water partition coefficient (Wildman–Crippen LogP) is 3.03. The van der Waals surface area contributed by atoms with Gasteiger partial charge < -0.3 is 19.5 Å². The normalized spacial score (nSPS) is 26.3. The number of benzene rings is 2. The van der Waals surface area contributed by atoms with Crippen LogP contribution in [0.5, 0.6) is 0 Å². The molecule has 4 rings (SSSR count). The van der Waals surface area contributed by atoms with Crippen LogP contribution in [-0.2, 0) is 19.7 Å². The molecule has 2 heterocycles. The Morgan fingerprint density at radius 2 is 1.69 bits per heavy atom. The molecule has 0 saturated carbocycles. The molecule has 0 radical (unpaired) electrons. The number of rotatable bonds is 5. The van der Waals surface area contributed by atoms with E-state index in [0.29, 0.717) is 26.6 Å². The third-order valence-electron chi connectivity index (χ3n) is 4.96. The summed E-state index contributed by atoms with van der Waals surface area (Å²) in [4.78, 5) is 5.03. The summed E-state index contributed by atoms with van der Waals surface area (Å²) < 4.78 is 16.5. The zero-order chi connectivity index (χ0) is 17.8. The third-order valence-corrected chi connectivity index (χ3v) is 4.96. The maximum Gasteiger partial charge on any atom is 0.146 e. The average molecular weight is 352 g/mol. The minimum absolute atomic E-state index is 0.0491. The lowest BCUT2D eigenvalue weighted by atomic mass is 9.82. The lowest BCUT2D eigenvalue weighted by Crippen LogP contribution is -2.36. The summed E-state index contributed by atoms with van der Waals surface area (Å²) in [5.74, 6) is 0.857. The Labute approximate surface area is 154 Å². The first-order chi connectivity index (χ1) is 12.8. The number of ether oxygens (including phenoxy) is 3. The molecule has 2 aromatic rings. The van der Waals surface area contributed by atoms with Gasteiger partial charge in [-0.05, 0) is 18.1 Å². The molecule has 0 bridgehead atoms. The third kappa shape index (κ3) is 3.51. The van der Waals surface area contributed by atoms with Gasteiger partial charge >= 0.3 is 0 Å². The second-order valence-electron chi connectivity index (χ2n) is 6.85. The van der Waals surface area contributed by atoms with E-state index in [4.69, 9.17) is 19.2 Å². The summed E-state index contributed by atoms with van der Waals surface area (Å²) in [6.07, 6.45) is -0.0491. The van der Waals surface area contributed by atoms with E-state index in [1.54, 1.807) is 0 Å². The molecule has 136 valence electrons. The Balaban J connectivity index is 1.57. The summed E-state index contributed by atoms with van der Waals surface area (Å²) in [5, 5.41) is 3.58. The molecule has 1 saturated heterocycles. The molecule has 1 N–H and O–H groups in total. The van der Waals surface area contributed by atoms with Crippen molar-refractivity contribution in [1.82, 2.24) is 5.32 Å². The highest BCUT2D eigenvalue weighted by Crippen LogP contribution is 2.41. The second kappa shape index (κ2) is 7.58. The van der Waals surface area contributed by atoms with Crippen LogP contribution in [0.3, 0.4) is 0 Å².